The fourth-order valence-electron chi connectivity index (χ4n) is 3.74. The maximum Gasteiger partial charge on any atom is 0.387 e. The van der Waals surface area contributed by atoms with E-state index in [0.29, 0.717) is 27.8 Å². The summed E-state index contributed by atoms with van der Waals surface area (Å²) in [4.78, 5) is 23.6. The molecular weight excluding hydrogens is 422 g/mol. The van der Waals surface area contributed by atoms with E-state index in [9.17, 15) is 23.7 Å². The van der Waals surface area contributed by atoms with Crippen molar-refractivity contribution >= 4 is 22.4 Å². The molecule has 0 aliphatic rings. The molecule has 2 aromatic heterocycles. The average molecular weight is 440 g/mol. The van der Waals surface area contributed by atoms with Crippen molar-refractivity contribution in [2.24, 2.45) is 0 Å². The highest BCUT2D eigenvalue weighted by Crippen LogP contribution is 2.25. The molecule has 4 rings (SSSR count). The van der Waals surface area contributed by atoms with E-state index in [2.05, 4.69) is 9.84 Å². The lowest BCUT2D eigenvalue weighted by Crippen LogP contribution is -2.12. The number of aromatic nitrogens is 3. The van der Waals surface area contributed by atoms with Gasteiger partial charge in [-0.1, -0.05) is 0 Å². The van der Waals surface area contributed by atoms with Gasteiger partial charge in [-0.2, -0.15) is 13.9 Å². The number of carbonyl (C=O) groups excluding carboxylic acids is 1. The first-order valence-corrected chi connectivity index (χ1v) is 9.62. The number of rotatable bonds is 7. The number of alkyl halides is 2. The Morgan fingerprint density at radius 2 is 1.88 bits per heavy atom. The Morgan fingerprint density at radius 1 is 1.16 bits per heavy atom. The van der Waals surface area contributed by atoms with Gasteiger partial charge in [-0.25, -0.2) is 0 Å². The van der Waals surface area contributed by atoms with E-state index in [1.165, 1.54) is 28.9 Å². The van der Waals surface area contributed by atoms with Crippen LogP contribution in [-0.2, 0) is 6.54 Å². The van der Waals surface area contributed by atoms with Crippen LogP contribution in [0.1, 0.15) is 21.7 Å². The predicted molar refractivity (Wildman–Crippen MR) is 113 cm³/mol. The van der Waals surface area contributed by atoms with Crippen molar-refractivity contribution in [3.05, 3.63) is 81.8 Å². The molecule has 0 fully saturated rings. The zero-order valence-electron chi connectivity index (χ0n) is 17.2. The van der Waals surface area contributed by atoms with Crippen LogP contribution in [0.5, 0.6) is 5.75 Å². The van der Waals surface area contributed by atoms with E-state index in [1.54, 1.807) is 37.4 Å². The summed E-state index contributed by atoms with van der Waals surface area (Å²) in [5.74, 6) is -0.166. The Kier molecular flexibility index (Phi) is 5.43. The van der Waals surface area contributed by atoms with Crippen LogP contribution in [0.3, 0.4) is 0 Å². The number of hydrogen-bond acceptors (Lipinski definition) is 5. The number of fused-ring (bicyclic) bond motifs is 1. The summed E-state index contributed by atoms with van der Waals surface area (Å²) in [7, 11) is 0. The molecule has 0 saturated carbocycles. The minimum atomic E-state index is -2.90. The second kappa shape index (κ2) is 8.22. The fraction of sp³-hybridized carbons (Fsp3) is 0.182. The van der Waals surface area contributed by atoms with Gasteiger partial charge in [0.05, 0.1) is 16.6 Å². The minimum absolute atomic E-state index is 0.0437. The zero-order valence-corrected chi connectivity index (χ0v) is 17.2. The Bertz CT molecular complexity index is 1330. The van der Waals surface area contributed by atoms with E-state index in [4.69, 9.17) is 0 Å². The molecule has 2 heterocycles. The van der Waals surface area contributed by atoms with Crippen LogP contribution < -0.4 is 4.74 Å². The number of non-ortho nitro benzene ring substituents is 1. The van der Waals surface area contributed by atoms with Gasteiger partial charge in [-0.3, -0.25) is 19.6 Å². The normalized spacial score (nSPS) is 11.3. The first kappa shape index (κ1) is 21.2. The van der Waals surface area contributed by atoms with Crippen LogP contribution in [-0.4, -0.2) is 31.7 Å². The van der Waals surface area contributed by atoms with E-state index >= 15 is 0 Å². The van der Waals surface area contributed by atoms with Crippen LogP contribution in [0.4, 0.5) is 14.5 Å². The fourth-order valence-corrected chi connectivity index (χ4v) is 3.74. The summed E-state index contributed by atoms with van der Waals surface area (Å²) in [5, 5.41) is 16.0. The number of carbonyl (C=O) groups is 1. The van der Waals surface area contributed by atoms with E-state index in [-0.39, 0.29) is 23.8 Å². The van der Waals surface area contributed by atoms with Gasteiger partial charge in [0, 0.05) is 40.2 Å². The first-order valence-electron chi connectivity index (χ1n) is 9.62. The molecule has 0 bridgehead atoms. The predicted octanol–water partition coefficient (Wildman–Crippen LogP) is 4.84. The van der Waals surface area contributed by atoms with Gasteiger partial charge in [0.15, 0.2) is 5.78 Å². The van der Waals surface area contributed by atoms with Crippen LogP contribution in [0.25, 0.3) is 16.6 Å². The summed E-state index contributed by atoms with van der Waals surface area (Å²) >= 11 is 0. The quantitative estimate of drug-likeness (QED) is 0.233. The van der Waals surface area contributed by atoms with Crippen LogP contribution >= 0.6 is 0 Å². The topological polar surface area (TPSA) is 92.2 Å². The van der Waals surface area contributed by atoms with Crippen molar-refractivity contribution in [3.63, 3.8) is 0 Å². The Balaban J connectivity index is 1.63. The van der Waals surface area contributed by atoms with Gasteiger partial charge in [0.2, 0.25) is 0 Å². The molecule has 164 valence electrons. The number of nitro benzene ring substituents is 1. The highest BCUT2D eigenvalue weighted by Gasteiger charge is 2.19. The molecule has 10 heteroatoms. The lowest BCUT2D eigenvalue weighted by Gasteiger charge is -2.11. The van der Waals surface area contributed by atoms with Gasteiger partial charge in [-0.05, 0) is 50.2 Å². The average Bonchev–Trinajstić information content (AvgIpc) is 3.28. The van der Waals surface area contributed by atoms with Crippen LogP contribution in [0.15, 0.2) is 54.7 Å². The molecule has 0 spiro atoms. The molecule has 32 heavy (non-hydrogen) atoms. The molecular formula is C22H18F2N4O4. The van der Waals surface area contributed by atoms with Gasteiger partial charge in [-0.15, -0.1) is 0 Å². The highest BCUT2D eigenvalue weighted by atomic mass is 19.3. The number of ketones is 1. The SMILES string of the molecule is Cc1cc(C(=O)Cn2ncc3ccc([N+](=O)[O-])cc32)c(C)n1-c1ccc(OC(F)F)cc1. The maximum atomic E-state index is 13.1. The first-order chi connectivity index (χ1) is 15.2. The van der Waals surface area contributed by atoms with Crippen molar-refractivity contribution < 1.29 is 23.2 Å². The Morgan fingerprint density at radius 3 is 2.53 bits per heavy atom. The van der Waals surface area contributed by atoms with Crippen molar-refractivity contribution in [2.45, 2.75) is 27.0 Å². The second-order valence-electron chi connectivity index (χ2n) is 7.22. The van der Waals surface area contributed by atoms with Gasteiger partial charge < -0.3 is 9.30 Å². The van der Waals surface area contributed by atoms with Crippen molar-refractivity contribution in [1.82, 2.24) is 14.3 Å². The molecule has 0 N–H and O–H groups in total. The van der Waals surface area contributed by atoms with Crippen molar-refractivity contribution in [2.75, 3.05) is 0 Å². The van der Waals surface area contributed by atoms with Crippen LogP contribution in [0, 0.1) is 24.0 Å². The van der Waals surface area contributed by atoms with Gasteiger partial charge in [0.25, 0.3) is 5.69 Å². The number of ether oxygens (including phenoxy) is 1. The third kappa shape index (κ3) is 3.94. The van der Waals surface area contributed by atoms with Gasteiger partial charge >= 0.3 is 6.61 Å². The third-order valence-corrected chi connectivity index (χ3v) is 5.18. The highest BCUT2D eigenvalue weighted by molar-refractivity contribution is 5.98. The Labute approximate surface area is 180 Å². The van der Waals surface area contributed by atoms with Crippen molar-refractivity contribution in [3.8, 4) is 11.4 Å². The standard InChI is InChI=1S/C22H18F2N4O4/c1-13-9-19(14(2)27(13)16-5-7-18(8-6-16)32-22(23)24)21(29)12-26-20-10-17(28(30)31)4-3-15(20)11-25-26/h3-11,22H,12H2,1-2H3. The van der Waals surface area contributed by atoms with E-state index in [0.717, 1.165) is 5.69 Å². The van der Waals surface area contributed by atoms with Crippen LogP contribution in [0.2, 0.25) is 0 Å². The maximum absolute atomic E-state index is 13.1. The monoisotopic (exact) mass is 440 g/mol. The molecule has 0 amide bonds. The molecule has 4 aromatic rings. The molecule has 0 radical (unpaired) electrons. The molecule has 2 aromatic carbocycles. The number of benzene rings is 2. The van der Waals surface area contributed by atoms with E-state index < -0.39 is 11.5 Å². The van der Waals surface area contributed by atoms with Gasteiger partial charge in [0.1, 0.15) is 12.3 Å². The number of halogens is 2. The minimum Gasteiger partial charge on any atom is -0.435 e. The smallest absolute Gasteiger partial charge is 0.387 e. The number of aryl methyl sites for hydroxylation is 1. The number of nitrogens with zero attached hydrogens (tertiary/aromatic N) is 4. The molecule has 0 aliphatic carbocycles. The lowest BCUT2D eigenvalue weighted by molar-refractivity contribution is -0.384. The molecule has 0 saturated heterocycles. The number of hydrogen-bond donors (Lipinski definition) is 0. The summed E-state index contributed by atoms with van der Waals surface area (Å²) in [5.41, 5.74) is 3.05. The third-order valence-electron chi connectivity index (χ3n) is 5.18. The number of nitro groups is 1. The van der Waals surface area contributed by atoms with E-state index in [1.807, 2.05) is 11.5 Å². The largest absolute Gasteiger partial charge is 0.435 e. The second-order valence-corrected chi connectivity index (χ2v) is 7.22. The summed E-state index contributed by atoms with van der Waals surface area (Å²) in [6.07, 6.45) is 1.55. The summed E-state index contributed by atoms with van der Waals surface area (Å²) in [6, 6.07) is 12.3. The Hall–Kier alpha value is -4.08. The molecule has 8 nitrogen and oxygen atoms in total. The molecule has 0 unspecified atom stereocenters. The zero-order chi connectivity index (χ0) is 23.0. The van der Waals surface area contributed by atoms with Crippen molar-refractivity contribution in [1.29, 1.82) is 0 Å². The summed E-state index contributed by atoms with van der Waals surface area (Å²) in [6.45, 7) is 0.631. The molecule has 0 aliphatic heterocycles. The summed E-state index contributed by atoms with van der Waals surface area (Å²) < 4.78 is 32.4. The number of Topliss-reactive ketones (excluding diaryl/α,β-unsaturated/α-hetero) is 1. The lowest BCUT2D eigenvalue weighted by atomic mass is 10.1. The molecule has 0 atom stereocenters.